The minimum Gasteiger partial charge on any atom is -0.335 e. The molecule has 2 aromatic heterocycles. The van der Waals surface area contributed by atoms with Gasteiger partial charge < -0.3 is 4.90 Å². The van der Waals surface area contributed by atoms with Crippen molar-refractivity contribution < 1.29 is 4.79 Å². The number of aryl methyl sites for hydroxylation is 1. The van der Waals surface area contributed by atoms with Gasteiger partial charge in [-0.15, -0.1) is 0 Å². The highest BCUT2D eigenvalue weighted by atomic mass is 16.2. The van der Waals surface area contributed by atoms with Crippen LogP contribution in [0.2, 0.25) is 0 Å². The number of nitrogens with zero attached hydrogens (tertiary/aromatic N) is 3. The van der Waals surface area contributed by atoms with Crippen molar-refractivity contribution in [2.24, 2.45) is 5.41 Å². The zero-order valence-electron chi connectivity index (χ0n) is 17.3. The maximum atomic E-state index is 13.5. The molecule has 1 amide bonds. The first-order chi connectivity index (χ1) is 13.9. The second-order valence-electron chi connectivity index (χ2n) is 8.72. The molecule has 6 heteroatoms. The van der Waals surface area contributed by atoms with Gasteiger partial charge in [-0.2, -0.15) is 0 Å². The van der Waals surface area contributed by atoms with E-state index in [1.54, 1.807) is 19.2 Å². The van der Waals surface area contributed by atoms with Gasteiger partial charge in [0.15, 0.2) is 5.65 Å². The van der Waals surface area contributed by atoms with E-state index in [2.05, 4.69) is 36.1 Å². The van der Waals surface area contributed by atoms with Gasteiger partial charge in [0.05, 0.1) is 6.42 Å². The first-order valence-electron chi connectivity index (χ1n) is 10.3. The van der Waals surface area contributed by atoms with Gasteiger partial charge in [-0.1, -0.05) is 50.6 Å². The summed E-state index contributed by atoms with van der Waals surface area (Å²) in [6, 6.07) is 12.0. The minimum absolute atomic E-state index is 0.0117. The average Bonchev–Trinajstić information content (AvgIpc) is 3.29. The van der Waals surface area contributed by atoms with E-state index in [-0.39, 0.29) is 29.3 Å². The molecule has 1 saturated carbocycles. The van der Waals surface area contributed by atoms with Crippen molar-refractivity contribution in [2.75, 3.05) is 0 Å². The van der Waals surface area contributed by atoms with E-state index >= 15 is 0 Å². The minimum atomic E-state index is -0.198. The van der Waals surface area contributed by atoms with Gasteiger partial charge >= 0.3 is 0 Å². The fourth-order valence-electron chi connectivity index (χ4n) is 4.60. The van der Waals surface area contributed by atoms with E-state index in [1.165, 1.54) is 4.52 Å². The van der Waals surface area contributed by atoms with Gasteiger partial charge in [0.1, 0.15) is 0 Å². The Bertz CT molecular complexity index is 1080. The molecule has 1 atom stereocenters. The number of nitrogens with one attached hydrogen (secondary N) is 1. The number of carbonyl (C=O) groups is 1. The number of carbonyl (C=O) groups excluding carboxylic acids is 1. The van der Waals surface area contributed by atoms with Gasteiger partial charge in [0.25, 0.3) is 5.56 Å². The van der Waals surface area contributed by atoms with Gasteiger partial charge in [-0.05, 0) is 30.7 Å². The summed E-state index contributed by atoms with van der Waals surface area (Å²) in [4.78, 5) is 32.9. The molecule has 1 aliphatic rings. The molecule has 4 rings (SSSR count). The summed E-state index contributed by atoms with van der Waals surface area (Å²) >= 11 is 0. The molecule has 0 bridgehead atoms. The SMILES string of the molecule is Cc1nc2cc[nH]n2c(=O)c1CC(=O)N(Cc1ccccc1)C1CCCC1(C)C. The van der Waals surface area contributed by atoms with E-state index in [1.807, 2.05) is 23.1 Å². The first-order valence-corrected chi connectivity index (χ1v) is 10.3. The van der Waals surface area contributed by atoms with Crippen LogP contribution in [-0.4, -0.2) is 31.4 Å². The van der Waals surface area contributed by atoms with Crippen molar-refractivity contribution in [3.05, 3.63) is 69.8 Å². The molecule has 1 fully saturated rings. The molecule has 0 aliphatic heterocycles. The van der Waals surface area contributed by atoms with Crippen molar-refractivity contribution in [3.63, 3.8) is 0 Å². The topological polar surface area (TPSA) is 70.5 Å². The van der Waals surface area contributed by atoms with Crippen molar-refractivity contribution in [1.29, 1.82) is 0 Å². The maximum Gasteiger partial charge on any atom is 0.276 e. The molecule has 2 heterocycles. The second-order valence-corrected chi connectivity index (χ2v) is 8.72. The van der Waals surface area contributed by atoms with E-state index in [0.29, 0.717) is 23.4 Å². The number of aromatic nitrogens is 3. The molecular formula is C23H28N4O2. The molecule has 0 spiro atoms. The van der Waals surface area contributed by atoms with Gasteiger partial charge in [-0.3, -0.25) is 14.7 Å². The molecule has 3 aromatic rings. The summed E-state index contributed by atoms with van der Waals surface area (Å²) in [5.74, 6) is -0.0117. The number of benzene rings is 1. The molecule has 1 aromatic carbocycles. The second kappa shape index (κ2) is 7.50. The van der Waals surface area contributed by atoms with Crippen molar-refractivity contribution in [3.8, 4) is 0 Å². The quantitative estimate of drug-likeness (QED) is 0.723. The molecule has 1 N–H and O–H groups in total. The Morgan fingerprint density at radius 2 is 2.03 bits per heavy atom. The predicted molar refractivity (Wildman–Crippen MR) is 113 cm³/mol. The fourth-order valence-corrected chi connectivity index (χ4v) is 4.60. The number of rotatable bonds is 5. The molecule has 152 valence electrons. The van der Waals surface area contributed by atoms with Crippen molar-refractivity contribution in [1.82, 2.24) is 19.5 Å². The lowest BCUT2D eigenvalue weighted by molar-refractivity contribution is -0.135. The van der Waals surface area contributed by atoms with Crippen LogP contribution < -0.4 is 5.56 Å². The van der Waals surface area contributed by atoms with Crippen LogP contribution in [0.4, 0.5) is 0 Å². The van der Waals surface area contributed by atoms with Gasteiger partial charge in [-0.25, -0.2) is 9.50 Å². The number of fused-ring (bicyclic) bond motifs is 1. The highest BCUT2D eigenvalue weighted by Gasteiger charge is 2.40. The standard InChI is InChI=1S/C23H28N4O2/c1-16-18(22(29)27-20(25-16)11-13-24-27)14-21(28)26(15-17-8-5-4-6-9-17)19-10-7-12-23(19,2)3/h4-6,8-9,11,13,19,24H,7,10,12,14-15H2,1-3H3. The zero-order chi connectivity index (χ0) is 20.6. The van der Waals surface area contributed by atoms with Crippen LogP contribution in [0.25, 0.3) is 5.65 Å². The molecular weight excluding hydrogens is 364 g/mol. The number of hydrogen-bond acceptors (Lipinski definition) is 3. The number of amides is 1. The van der Waals surface area contributed by atoms with Crippen LogP contribution in [0.1, 0.15) is 49.9 Å². The normalized spacial score (nSPS) is 18.2. The Hall–Kier alpha value is -2.89. The van der Waals surface area contributed by atoms with Crippen LogP contribution in [0, 0.1) is 12.3 Å². The lowest BCUT2D eigenvalue weighted by atomic mass is 9.86. The molecule has 0 saturated heterocycles. The highest BCUT2D eigenvalue weighted by molar-refractivity contribution is 5.79. The number of hydrogen-bond donors (Lipinski definition) is 1. The lowest BCUT2D eigenvalue weighted by Crippen LogP contribution is -2.46. The summed E-state index contributed by atoms with van der Waals surface area (Å²) in [5.41, 5.74) is 2.63. The Balaban J connectivity index is 1.67. The predicted octanol–water partition coefficient (Wildman–Crippen LogP) is 3.48. The first kappa shape index (κ1) is 19.4. The van der Waals surface area contributed by atoms with Crippen LogP contribution in [0.15, 0.2) is 47.4 Å². The molecule has 1 aliphatic carbocycles. The van der Waals surface area contributed by atoms with Crippen LogP contribution in [0.3, 0.4) is 0 Å². The zero-order valence-corrected chi connectivity index (χ0v) is 17.3. The molecule has 0 radical (unpaired) electrons. The highest BCUT2D eigenvalue weighted by Crippen LogP contribution is 2.41. The summed E-state index contributed by atoms with van der Waals surface area (Å²) in [5, 5.41) is 2.88. The Kier molecular flexibility index (Phi) is 5.03. The Labute approximate surface area is 170 Å². The maximum absolute atomic E-state index is 13.5. The average molecular weight is 393 g/mol. The molecule has 1 unspecified atom stereocenters. The summed E-state index contributed by atoms with van der Waals surface area (Å²) in [7, 11) is 0. The fraction of sp³-hybridized carbons (Fsp3) is 0.435. The van der Waals surface area contributed by atoms with E-state index in [4.69, 9.17) is 0 Å². The summed E-state index contributed by atoms with van der Waals surface area (Å²) < 4.78 is 1.40. The molecule has 29 heavy (non-hydrogen) atoms. The van der Waals surface area contributed by atoms with Crippen LogP contribution in [0.5, 0.6) is 0 Å². The van der Waals surface area contributed by atoms with Crippen LogP contribution >= 0.6 is 0 Å². The third-order valence-electron chi connectivity index (χ3n) is 6.27. The van der Waals surface area contributed by atoms with Crippen molar-refractivity contribution in [2.45, 2.75) is 59.0 Å². The number of H-pyrrole nitrogens is 1. The van der Waals surface area contributed by atoms with Crippen molar-refractivity contribution >= 4 is 11.6 Å². The van der Waals surface area contributed by atoms with Gasteiger partial charge in [0.2, 0.25) is 5.91 Å². The summed E-state index contributed by atoms with van der Waals surface area (Å²) in [6.07, 6.45) is 4.97. The third kappa shape index (κ3) is 3.71. The monoisotopic (exact) mass is 392 g/mol. The Morgan fingerprint density at radius 1 is 1.28 bits per heavy atom. The van der Waals surface area contributed by atoms with Crippen LogP contribution in [-0.2, 0) is 17.8 Å². The largest absolute Gasteiger partial charge is 0.335 e. The van der Waals surface area contributed by atoms with E-state index in [9.17, 15) is 9.59 Å². The smallest absolute Gasteiger partial charge is 0.276 e. The third-order valence-corrected chi connectivity index (χ3v) is 6.27. The summed E-state index contributed by atoms with van der Waals surface area (Å²) in [6.45, 7) is 6.84. The molecule has 6 nitrogen and oxygen atoms in total. The Morgan fingerprint density at radius 3 is 2.72 bits per heavy atom. The van der Waals surface area contributed by atoms with Gasteiger partial charge in [0, 0.05) is 36.1 Å². The van der Waals surface area contributed by atoms with E-state index in [0.717, 1.165) is 24.8 Å². The number of aromatic amines is 1. The van der Waals surface area contributed by atoms with E-state index < -0.39 is 0 Å². The lowest BCUT2D eigenvalue weighted by Gasteiger charge is -2.38.